The predicted molar refractivity (Wildman–Crippen MR) is 106 cm³/mol. The van der Waals surface area contributed by atoms with Gasteiger partial charge in [-0.25, -0.2) is 17.8 Å². The number of benzene rings is 1. The maximum atomic E-state index is 13.8. The first-order chi connectivity index (χ1) is 13.9. The zero-order valence-electron chi connectivity index (χ0n) is 15.8. The lowest BCUT2D eigenvalue weighted by Crippen LogP contribution is -2.42. The van der Waals surface area contributed by atoms with Gasteiger partial charge in [0.05, 0.1) is 22.7 Å². The van der Waals surface area contributed by atoms with E-state index in [4.69, 9.17) is 4.74 Å². The molecule has 2 aromatic rings. The van der Waals surface area contributed by atoms with Crippen molar-refractivity contribution >= 4 is 21.6 Å². The number of piperidine rings is 1. The second kappa shape index (κ2) is 7.98. The molecule has 2 aliphatic rings. The van der Waals surface area contributed by atoms with Crippen LogP contribution in [-0.2, 0) is 10.0 Å². The largest absolute Gasteiger partial charge is 0.474 e. The Hall–Kier alpha value is -2.68. The summed E-state index contributed by atoms with van der Waals surface area (Å²) in [5, 5.41) is -0.296. The Morgan fingerprint density at radius 1 is 1.10 bits per heavy atom. The summed E-state index contributed by atoms with van der Waals surface area (Å²) >= 11 is 0. The summed E-state index contributed by atoms with van der Waals surface area (Å²) in [6, 6.07) is 9.22. The van der Waals surface area contributed by atoms with E-state index in [1.807, 2.05) is 0 Å². The van der Waals surface area contributed by atoms with Gasteiger partial charge < -0.3 is 9.64 Å². The van der Waals surface area contributed by atoms with Gasteiger partial charge in [-0.15, -0.1) is 0 Å². The van der Waals surface area contributed by atoms with Crippen molar-refractivity contribution in [2.45, 2.75) is 37.0 Å². The van der Waals surface area contributed by atoms with Crippen LogP contribution in [0.5, 0.6) is 5.88 Å². The molecule has 7 nitrogen and oxygen atoms in total. The molecular formula is C20H22FN3O4S. The molecule has 1 amide bonds. The summed E-state index contributed by atoms with van der Waals surface area (Å²) in [6.45, 7) is 0.939. The molecule has 1 saturated heterocycles. The standard InChI is InChI=1S/C20H22FN3O4S/c21-18-4-2-1-3-17(18)20(25)24-11-9-15(10-12-24)28-19-8-5-14(13-22-19)23-29(26,27)16-6-7-16/h1-5,8,13,15-16,23H,6-7,9-12H2. The third kappa shape index (κ3) is 4.67. The first-order valence-electron chi connectivity index (χ1n) is 9.60. The average molecular weight is 419 g/mol. The van der Waals surface area contributed by atoms with Gasteiger partial charge in [-0.2, -0.15) is 0 Å². The molecule has 1 saturated carbocycles. The summed E-state index contributed by atoms with van der Waals surface area (Å²) in [4.78, 5) is 18.3. The van der Waals surface area contributed by atoms with Gasteiger partial charge >= 0.3 is 0 Å². The number of carbonyl (C=O) groups excluding carboxylic acids is 1. The fourth-order valence-electron chi connectivity index (χ4n) is 3.29. The molecule has 1 N–H and O–H groups in total. The van der Waals surface area contributed by atoms with Gasteiger partial charge in [-0.05, 0) is 31.0 Å². The molecule has 2 fully saturated rings. The van der Waals surface area contributed by atoms with Crippen LogP contribution in [0.3, 0.4) is 0 Å². The smallest absolute Gasteiger partial charge is 0.256 e. The number of halogens is 1. The third-order valence-corrected chi connectivity index (χ3v) is 6.95. The van der Waals surface area contributed by atoms with Crippen LogP contribution >= 0.6 is 0 Å². The Balaban J connectivity index is 1.29. The van der Waals surface area contributed by atoms with E-state index in [9.17, 15) is 17.6 Å². The minimum Gasteiger partial charge on any atom is -0.474 e. The number of pyridine rings is 1. The van der Waals surface area contributed by atoms with Crippen molar-refractivity contribution in [3.8, 4) is 5.88 Å². The number of hydrogen-bond acceptors (Lipinski definition) is 5. The van der Waals surface area contributed by atoms with Crippen molar-refractivity contribution < 1.29 is 22.3 Å². The van der Waals surface area contributed by atoms with Gasteiger partial charge in [0.15, 0.2) is 0 Å². The number of amides is 1. The van der Waals surface area contributed by atoms with Gasteiger partial charge in [0.25, 0.3) is 5.91 Å². The molecular weight excluding hydrogens is 397 g/mol. The van der Waals surface area contributed by atoms with Gasteiger partial charge in [0, 0.05) is 32.0 Å². The van der Waals surface area contributed by atoms with Crippen molar-refractivity contribution in [3.05, 3.63) is 54.0 Å². The summed E-state index contributed by atoms with van der Waals surface area (Å²) in [5.74, 6) is -0.428. The highest BCUT2D eigenvalue weighted by Gasteiger charge is 2.35. The van der Waals surface area contributed by atoms with E-state index in [2.05, 4.69) is 9.71 Å². The number of ether oxygens (including phenoxy) is 1. The topological polar surface area (TPSA) is 88.6 Å². The van der Waals surface area contributed by atoms with Crippen LogP contribution in [0.1, 0.15) is 36.0 Å². The Morgan fingerprint density at radius 3 is 2.45 bits per heavy atom. The highest BCUT2D eigenvalue weighted by Crippen LogP contribution is 2.30. The molecule has 0 atom stereocenters. The Labute approximate surface area is 168 Å². The normalized spacial score (nSPS) is 17.8. The van der Waals surface area contributed by atoms with Crippen LogP contribution in [0.15, 0.2) is 42.6 Å². The molecule has 29 heavy (non-hydrogen) atoms. The molecule has 9 heteroatoms. The van der Waals surface area contributed by atoms with Crippen LogP contribution in [0.25, 0.3) is 0 Å². The quantitative estimate of drug-likeness (QED) is 0.778. The highest BCUT2D eigenvalue weighted by atomic mass is 32.2. The molecule has 4 rings (SSSR count). The van der Waals surface area contributed by atoms with Crippen molar-refractivity contribution in [2.75, 3.05) is 17.8 Å². The molecule has 1 aliphatic carbocycles. The number of nitrogens with zero attached hydrogens (tertiary/aromatic N) is 2. The number of rotatable bonds is 6. The maximum absolute atomic E-state index is 13.8. The summed E-state index contributed by atoms with van der Waals surface area (Å²) in [7, 11) is -3.32. The Morgan fingerprint density at radius 2 is 1.83 bits per heavy atom. The van der Waals surface area contributed by atoms with Crippen LogP contribution in [0, 0.1) is 5.82 Å². The number of aromatic nitrogens is 1. The van der Waals surface area contributed by atoms with Crippen molar-refractivity contribution in [2.24, 2.45) is 0 Å². The van der Waals surface area contributed by atoms with Gasteiger partial charge in [-0.3, -0.25) is 9.52 Å². The number of carbonyl (C=O) groups is 1. The maximum Gasteiger partial charge on any atom is 0.256 e. The molecule has 2 heterocycles. The minimum atomic E-state index is -3.32. The molecule has 0 bridgehead atoms. The average Bonchev–Trinajstić information content (AvgIpc) is 3.56. The van der Waals surface area contributed by atoms with Crippen LogP contribution in [0.4, 0.5) is 10.1 Å². The molecule has 1 aromatic carbocycles. The zero-order valence-corrected chi connectivity index (χ0v) is 16.6. The lowest BCUT2D eigenvalue weighted by Gasteiger charge is -2.32. The summed E-state index contributed by atoms with van der Waals surface area (Å²) < 4.78 is 46.1. The summed E-state index contributed by atoms with van der Waals surface area (Å²) in [6.07, 6.45) is 3.94. The molecule has 1 aromatic heterocycles. The minimum absolute atomic E-state index is 0.0813. The fourth-order valence-corrected chi connectivity index (χ4v) is 4.66. The van der Waals surface area contributed by atoms with E-state index >= 15 is 0 Å². The third-order valence-electron chi connectivity index (χ3n) is 5.08. The van der Waals surface area contributed by atoms with Crippen molar-refractivity contribution in [1.82, 2.24) is 9.88 Å². The molecule has 1 aliphatic heterocycles. The van der Waals surface area contributed by atoms with Crippen LogP contribution in [0.2, 0.25) is 0 Å². The second-order valence-corrected chi connectivity index (χ2v) is 9.28. The number of nitrogens with one attached hydrogen (secondary N) is 1. The number of likely N-dealkylation sites (tertiary alicyclic amines) is 1. The van der Waals surface area contributed by atoms with E-state index < -0.39 is 15.8 Å². The lowest BCUT2D eigenvalue weighted by molar-refractivity contribution is 0.0584. The van der Waals surface area contributed by atoms with E-state index in [-0.39, 0.29) is 22.8 Å². The molecule has 0 radical (unpaired) electrons. The lowest BCUT2D eigenvalue weighted by atomic mass is 10.1. The van der Waals surface area contributed by atoms with Crippen molar-refractivity contribution in [3.63, 3.8) is 0 Å². The Kier molecular flexibility index (Phi) is 5.40. The van der Waals surface area contributed by atoms with E-state index in [0.29, 0.717) is 50.3 Å². The predicted octanol–water partition coefficient (Wildman–Crippen LogP) is 2.81. The summed E-state index contributed by atoms with van der Waals surface area (Å²) in [5.41, 5.74) is 0.493. The van der Waals surface area contributed by atoms with Crippen LogP contribution < -0.4 is 9.46 Å². The fraction of sp³-hybridized carbons (Fsp3) is 0.400. The first-order valence-corrected chi connectivity index (χ1v) is 11.1. The van der Waals surface area contributed by atoms with E-state index in [1.165, 1.54) is 18.3 Å². The van der Waals surface area contributed by atoms with E-state index in [1.54, 1.807) is 29.2 Å². The SMILES string of the molecule is O=C(c1ccccc1F)N1CCC(Oc2ccc(NS(=O)(=O)C3CC3)cn2)CC1. The second-order valence-electron chi connectivity index (χ2n) is 7.32. The number of hydrogen-bond donors (Lipinski definition) is 1. The van der Waals surface area contributed by atoms with Crippen LogP contribution in [-0.4, -0.2) is 48.7 Å². The molecule has 0 spiro atoms. The zero-order chi connectivity index (χ0) is 20.4. The highest BCUT2D eigenvalue weighted by molar-refractivity contribution is 7.93. The van der Waals surface area contributed by atoms with Crippen molar-refractivity contribution in [1.29, 1.82) is 0 Å². The number of sulfonamides is 1. The Bertz CT molecular complexity index is 985. The number of anilines is 1. The van der Waals surface area contributed by atoms with Gasteiger partial charge in [0.2, 0.25) is 15.9 Å². The van der Waals surface area contributed by atoms with E-state index in [0.717, 1.165) is 0 Å². The first kappa shape index (κ1) is 19.6. The monoisotopic (exact) mass is 419 g/mol. The van der Waals surface area contributed by atoms with Gasteiger partial charge in [0.1, 0.15) is 11.9 Å². The van der Waals surface area contributed by atoms with Gasteiger partial charge in [-0.1, -0.05) is 12.1 Å². The molecule has 154 valence electrons. The molecule has 0 unspecified atom stereocenters.